The van der Waals surface area contributed by atoms with Gasteiger partial charge in [0.1, 0.15) is 0 Å². The van der Waals surface area contributed by atoms with Crippen molar-refractivity contribution in [3.63, 3.8) is 0 Å². The van der Waals surface area contributed by atoms with E-state index >= 15 is 0 Å². The molecule has 0 aliphatic rings. The summed E-state index contributed by atoms with van der Waals surface area (Å²) in [5, 5.41) is 8.83. The molecule has 0 rings (SSSR count). The number of hydrogen-bond acceptors (Lipinski definition) is 1. The predicted molar refractivity (Wildman–Crippen MR) is 50.0 cm³/mol. The summed E-state index contributed by atoms with van der Waals surface area (Å²) in [6, 6.07) is 0. The SMILES string of the molecule is C=CC(C(=O)O)C(CC)CCC. The van der Waals surface area contributed by atoms with Crippen molar-refractivity contribution in [2.75, 3.05) is 0 Å². The maximum absolute atomic E-state index is 10.7. The van der Waals surface area contributed by atoms with E-state index in [9.17, 15) is 4.79 Å². The van der Waals surface area contributed by atoms with E-state index < -0.39 is 5.97 Å². The van der Waals surface area contributed by atoms with Crippen LogP contribution >= 0.6 is 0 Å². The van der Waals surface area contributed by atoms with Crippen LogP contribution in [0, 0.1) is 11.8 Å². The fourth-order valence-corrected chi connectivity index (χ4v) is 1.50. The van der Waals surface area contributed by atoms with Gasteiger partial charge in [-0.2, -0.15) is 0 Å². The minimum absolute atomic E-state index is 0.255. The Morgan fingerprint density at radius 2 is 2.17 bits per heavy atom. The Bertz CT molecular complexity index is 152. The minimum atomic E-state index is -0.745. The summed E-state index contributed by atoms with van der Waals surface area (Å²) in [5.41, 5.74) is 0. The molecule has 0 heterocycles. The predicted octanol–water partition coefficient (Wildman–Crippen LogP) is 2.70. The number of carboxylic acids is 1. The van der Waals surface area contributed by atoms with Crippen LogP contribution in [0.5, 0.6) is 0 Å². The first-order chi connectivity index (χ1) is 5.67. The Balaban J connectivity index is 4.22. The van der Waals surface area contributed by atoms with Crippen molar-refractivity contribution >= 4 is 5.97 Å². The molecule has 0 aromatic carbocycles. The second-order valence-corrected chi connectivity index (χ2v) is 3.06. The minimum Gasteiger partial charge on any atom is -0.481 e. The van der Waals surface area contributed by atoms with Gasteiger partial charge in [0, 0.05) is 0 Å². The molecular formula is C10H18O2. The molecule has 2 nitrogen and oxygen atoms in total. The van der Waals surface area contributed by atoms with Gasteiger partial charge >= 0.3 is 5.97 Å². The smallest absolute Gasteiger partial charge is 0.310 e. The zero-order chi connectivity index (χ0) is 9.56. The standard InChI is InChI=1S/C10H18O2/c1-4-7-8(5-2)9(6-3)10(11)12/h6,8-9H,3-5,7H2,1-2H3,(H,11,12). The molecule has 1 N–H and O–H groups in total. The van der Waals surface area contributed by atoms with Crippen LogP contribution in [0.25, 0.3) is 0 Å². The van der Waals surface area contributed by atoms with Crippen LogP contribution in [0.2, 0.25) is 0 Å². The van der Waals surface area contributed by atoms with Gasteiger partial charge in [-0.1, -0.05) is 32.8 Å². The summed E-state index contributed by atoms with van der Waals surface area (Å²) in [6.45, 7) is 7.65. The molecule has 0 aromatic heterocycles. The molecule has 2 unspecified atom stereocenters. The highest BCUT2D eigenvalue weighted by Gasteiger charge is 2.22. The Morgan fingerprint density at radius 3 is 2.42 bits per heavy atom. The molecule has 0 radical (unpaired) electrons. The summed E-state index contributed by atoms with van der Waals surface area (Å²) in [7, 11) is 0. The lowest BCUT2D eigenvalue weighted by molar-refractivity contribution is -0.141. The van der Waals surface area contributed by atoms with Crippen molar-refractivity contribution in [1.82, 2.24) is 0 Å². The Kier molecular flexibility index (Phi) is 5.43. The molecule has 0 spiro atoms. The lowest BCUT2D eigenvalue weighted by Crippen LogP contribution is -2.20. The van der Waals surface area contributed by atoms with Gasteiger partial charge in [0.05, 0.1) is 5.92 Å². The first-order valence-electron chi connectivity index (χ1n) is 4.52. The Morgan fingerprint density at radius 1 is 1.58 bits per heavy atom. The molecule has 0 amide bonds. The van der Waals surface area contributed by atoms with Gasteiger partial charge in [0.25, 0.3) is 0 Å². The second-order valence-electron chi connectivity index (χ2n) is 3.06. The van der Waals surface area contributed by atoms with Crippen LogP contribution in [0.1, 0.15) is 33.1 Å². The van der Waals surface area contributed by atoms with E-state index in [1.165, 1.54) is 0 Å². The number of hydrogen-bond donors (Lipinski definition) is 1. The van der Waals surface area contributed by atoms with E-state index in [0.717, 1.165) is 19.3 Å². The van der Waals surface area contributed by atoms with Crippen molar-refractivity contribution in [3.05, 3.63) is 12.7 Å². The van der Waals surface area contributed by atoms with Gasteiger partial charge in [0.15, 0.2) is 0 Å². The largest absolute Gasteiger partial charge is 0.481 e. The van der Waals surface area contributed by atoms with E-state index in [-0.39, 0.29) is 11.8 Å². The molecule has 0 saturated heterocycles. The van der Waals surface area contributed by atoms with Crippen LogP contribution in [0.3, 0.4) is 0 Å². The third-order valence-electron chi connectivity index (χ3n) is 2.23. The number of carboxylic acid groups (broad SMARTS) is 1. The average molecular weight is 170 g/mol. The molecule has 0 saturated carbocycles. The lowest BCUT2D eigenvalue weighted by Gasteiger charge is -2.18. The van der Waals surface area contributed by atoms with Gasteiger partial charge < -0.3 is 5.11 Å². The van der Waals surface area contributed by atoms with Gasteiger partial charge in [0.2, 0.25) is 0 Å². The van der Waals surface area contributed by atoms with E-state index in [1.807, 2.05) is 6.92 Å². The van der Waals surface area contributed by atoms with Crippen LogP contribution in [-0.2, 0) is 4.79 Å². The van der Waals surface area contributed by atoms with E-state index in [0.29, 0.717) is 0 Å². The van der Waals surface area contributed by atoms with Gasteiger partial charge in [-0.05, 0) is 12.3 Å². The van der Waals surface area contributed by atoms with E-state index in [4.69, 9.17) is 5.11 Å². The van der Waals surface area contributed by atoms with Crippen molar-refractivity contribution in [1.29, 1.82) is 0 Å². The molecule has 2 heteroatoms. The summed E-state index contributed by atoms with van der Waals surface area (Å²) in [6.07, 6.45) is 4.47. The number of aliphatic carboxylic acids is 1. The Labute approximate surface area is 74.3 Å². The zero-order valence-corrected chi connectivity index (χ0v) is 7.92. The quantitative estimate of drug-likeness (QED) is 0.622. The third-order valence-corrected chi connectivity index (χ3v) is 2.23. The fraction of sp³-hybridized carbons (Fsp3) is 0.700. The topological polar surface area (TPSA) is 37.3 Å². The Hall–Kier alpha value is -0.790. The molecule has 0 aromatic rings. The van der Waals surface area contributed by atoms with Crippen LogP contribution in [0.15, 0.2) is 12.7 Å². The summed E-state index contributed by atoms with van der Waals surface area (Å²) in [5.74, 6) is -0.856. The van der Waals surface area contributed by atoms with Crippen molar-refractivity contribution < 1.29 is 9.90 Å². The summed E-state index contributed by atoms with van der Waals surface area (Å²) in [4.78, 5) is 10.7. The lowest BCUT2D eigenvalue weighted by atomic mass is 9.86. The maximum atomic E-state index is 10.7. The van der Waals surface area contributed by atoms with E-state index in [2.05, 4.69) is 13.5 Å². The van der Waals surface area contributed by atoms with Crippen LogP contribution < -0.4 is 0 Å². The second kappa shape index (κ2) is 5.81. The molecule has 0 bridgehead atoms. The van der Waals surface area contributed by atoms with Crippen LogP contribution in [-0.4, -0.2) is 11.1 Å². The van der Waals surface area contributed by atoms with E-state index in [1.54, 1.807) is 6.08 Å². The van der Waals surface area contributed by atoms with Crippen molar-refractivity contribution in [3.8, 4) is 0 Å². The average Bonchev–Trinajstić information content (AvgIpc) is 2.03. The monoisotopic (exact) mass is 170 g/mol. The molecule has 0 aliphatic carbocycles. The van der Waals surface area contributed by atoms with Crippen molar-refractivity contribution in [2.24, 2.45) is 11.8 Å². The summed E-state index contributed by atoms with van der Waals surface area (Å²) >= 11 is 0. The highest BCUT2D eigenvalue weighted by Crippen LogP contribution is 2.22. The molecule has 70 valence electrons. The third kappa shape index (κ3) is 3.07. The highest BCUT2D eigenvalue weighted by molar-refractivity contribution is 5.72. The van der Waals surface area contributed by atoms with Gasteiger partial charge in [-0.15, -0.1) is 6.58 Å². The highest BCUT2D eigenvalue weighted by atomic mass is 16.4. The number of carbonyl (C=O) groups is 1. The number of rotatable bonds is 6. The maximum Gasteiger partial charge on any atom is 0.310 e. The van der Waals surface area contributed by atoms with Crippen LogP contribution in [0.4, 0.5) is 0 Å². The first-order valence-corrected chi connectivity index (χ1v) is 4.52. The van der Waals surface area contributed by atoms with Gasteiger partial charge in [-0.25, -0.2) is 0 Å². The molecule has 0 fully saturated rings. The summed E-state index contributed by atoms with van der Waals surface area (Å²) < 4.78 is 0. The first kappa shape index (κ1) is 11.2. The zero-order valence-electron chi connectivity index (χ0n) is 7.92. The van der Waals surface area contributed by atoms with Crippen molar-refractivity contribution in [2.45, 2.75) is 33.1 Å². The normalized spacial score (nSPS) is 15.2. The molecule has 2 atom stereocenters. The molecular weight excluding hydrogens is 152 g/mol. The van der Waals surface area contributed by atoms with Gasteiger partial charge in [-0.3, -0.25) is 4.79 Å². The molecule has 12 heavy (non-hydrogen) atoms. The molecule has 0 aliphatic heterocycles. The fourth-order valence-electron chi connectivity index (χ4n) is 1.50.